The maximum atomic E-state index is 12.6. The van der Waals surface area contributed by atoms with Crippen LogP contribution < -0.4 is 10.6 Å². The van der Waals surface area contributed by atoms with Crippen LogP contribution in [-0.4, -0.2) is 23.3 Å². The lowest BCUT2D eigenvalue weighted by molar-refractivity contribution is -0.115. The van der Waals surface area contributed by atoms with Gasteiger partial charge in [-0.2, -0.15) is 0 Å². The molecule has 6 nitrogen and oxygen atoms in total. The number of amides is 2. The van der Waals surface area contributed by atoms with Crippen molar-refractivity contribution >= 4 is 40.4 Å². The maximum Gasteiger partial charge on any atom is 0.253 e. The summed E-state index contributed by atoms with van der Waals surface area (Å²) in [5.74, 6) is 0.524. The Morgan fingerprint density at radius 2 is 2.11 bits per heavy atom. The van der Waals surface area contributed by atoms with Gasteiger partial charge in [0, 0.05) is 11.6 Å². The predicted molar refractivity (Wildman–Crippen MR) is 111 cm³/mol. The van der Waals surface area contributed by atoms with E-state index in [1.54, 1.807) is 25.1 Å². The quantitative estimate of drug-likeness (QED) is 0.584. The van der Waals surface area contributed by atoms with Crippen LogP contribution in [0.25, 0.3) is 10.8 Å². The minimum Gasteiger partial charge on any atom is -0.440 e. The van der Waals surface area contributed by atoms with Gasteiger partial charge in [0.1, 0.15) is 5.76 Å². The van der Waals surface area contributed by atoms with Crippen molar-refractivity contribution in [2.75, 3.05) is 11.9 Å². The third-order valence-electron chi connectivity index (χ3n) is 3.99. The molecule has 0 radical (unpaired) electrons. The number of oxazole rings is 1. The Labute approximate surface area is 171 Å². The number of thiophene rings is 1. The summed E-state index contributed by atoms with van der Waals surface area (Å²) in [6.45, 7) is 4.30. The van der Waals surface area contributed by atoms with Gasteiger partial charge >= 0.3 is 0 Å². The first-order valence-corrected chi connectivity index (χ1v) is 10.1. The van der Waals surface area contributed by atoms with Gasteiger partial charge in [-0.05, 0) is 43.0 Å². The molecule has 2 amide bonds. The summed E-state index contributed by atoms with van der Waals surface area (Å²) >= 11 is 7.56. The van der Waals surface area contributed by atoms with Gasteiger partial charge in [-0.3, -0.25) is 9.59 Å². The third kappa shape index (κ3) is 4.79. The molecule has 0 saturated carbocycles. The Morgan fingerprint density at radius 1 is 1.29 bits per heavy atom. The number of rotatable bonds is 7. The smallest absolute Gasteiger partial charge is 0.253 e. The largest absolute Gasteiger partial charge is 0.440 e. The zero-order chi connectivity index (χ0) is 20.1. The molecule has 28 heavy (non-hydrogen) atoms. The molecule has 3 rings (SSSR count). The van der Waals surface area contributed by atoms with E-state index in [1.165, 1.54) is 11.3 Å². The molecule has 0 saturated heterocycles. The van der Waals surface area contributed by atoms with Crippen LogP contribution in [-0.2, 0) is 11.2 Å². The molecule has 0 aliphatic rings. The third-order valence-corrected chi connectivity index (χ3v) is 5.08. The van der Waals surface area contributed by atoms with Gasteiger partial charge in [-0.25, -0.2) is 4.98 Å². The van der Waals surface area contributed by atoms with E-state index in [0.29, 0.717) is 40.2 Å². The highest BCUT2D eigenvalue weighted by atomic mass is 35.5. The van der Waals surface area contributed by atoms with Gasteiger partial charge in [-0.15, -0.1) is 11.3 Å². The second-order valence-corrected chi connectivity index (χ2v) is 7.55. The van der Waals surface area contributed by atoms with Crippen LogP contribution in [0.2, 0.25) is 5.02 Å². The normalized spacial score (nSPS) is 10.7. The Hall–Kier alpha value is -2.64. The predicted octanol–water partition coefficient (Wildman–Crippen LogP) is 4.69. The number of anilines is 1. The Kier molecular flexibility index (Phi) is 6.49. The summed E-state index contributed by atoms with van der Waals surface area (Å²) in [6.07, 6.45) is 0.849. The minimum atomic E-state index is -0.305. The number of nitrogens with one attached hydrogen (secondary N) is 2. The molecule has 8 heteroatoms. The average Bonchev–Trinajstić information content (AvgIpc) is 3.30. The topological polar surface area (TPSA) is 84.2 Å². The van der Waals surface area contributed by atoms with Crippen molar-refractivity contribution in [1.29, 1.82) is 0 Å². The summed E-state index contributed by atoms with van der Waals surface area (Å²) in [7, 11) is 0. The number of hydrogen-bond donors (Lipinski definition) is 2. The minimum absolute atomic E-state index is 0.0310. The second-order valence-electron chi connectivity index (χ2n) is 6.17. The van der Waals surface area contributed by atoms with Crippen LogP contribution in [0.5, 0.6) is 0 Å². The van der Waals surface area contributed by atoms with E-state index in [9.17, 15) is 9.59 Å². The number of benzene rings is 1. The average molecular weight is 418 g/mol. The van der Waals surface area contributed by atoms with Crippen molar-refractivity contribution in [3.05, 3.63) is 57.8 Å². The molecule has 2 aromatic heterocycles. The van der Waals surface area contributed by atoms with E-state index in [4.69, 9.17) is 16.0 Å². The van der Waals surface area contributed by atoms with Gasteiger partial charge in [0.15, 0.2) is 0 Å². The fraction of sp³-hybridized carbons (Fsp3) is 0.250. The molecule has 0 aliphatic heterocycles. The van der Waals surface area contributed by atoms with Crippen LogP contribution in [0.1, 0.15) is 35.2 Å². The Morgan fingerprint density at radius 3 is 2.82 bits per heavy atom. The summed E-state index contributed by atoms with van der Waals surface area (Å²) in [5.41, 5.74) is 1.29. The summed E-state index contributed by atoms with van der Waals surface area (Å²) in [4.78, 5) is 30.2. The van der Waals surface area contributed by atoms with Crippen molar-refractivity contribution in [3.63, 3.8) is 0 Å². The fourth-order valence-corrected chi connectivity index (χ4v) is 3.42. The van der Waals surface area contributed by atoms with E-state index < -0.39 is 0 Å². The first-order chi connectivity index (χ1) is 13.5. The number of nitrogens with zero attached hydrogens (tertiary/aromatic N) is 1. The van der Waals surface area contributed by atoms with Crippen LogP contribution >= 0.6 is 22.9 Å². The van der Waals surface area contributed by atoms with Crippen LogP contribution in [0.4, 0.5) is 5.69 Å². The van der Waals surface area contributed by atoms with Crippen molar-refractivity contribution in [2.24, 2.45) is 0 Å². The maximum absolute atomic E-state index is 12.6. The fourth-order valence-electron chi connectivity index (χ4n) is 2.60. The van der Waals surface area contributed by atoms with Crippen molar-refractivity contribution < 1.29 is 14.0 Å². The Bertz CT molecular complexity index is 983. The molecule has 3 aromatic rings. The van der Waals surface area contributed by atoms with Gasteiger partial charge < -0.3 is 15.1 Å². The lowest BCUT2D eigenvalue weighted by Gasteiger charge is -2.11. The Balaban J connectivity index is 1.75. The molecule has 2 N–H and O–H groups in total. The van der Waals surface area contributed by atoms with E-state index in [-0.39, 0.29) is 18.2 Å². The van der Waals surface area contributed by atoms with Crippen LogP contribution in [0.15, 0.2) is 40.1 Å². The first kappa shape index (κ1) is 20.1. The molecule has 0 spiro atoms. The number of halogens is 1. The highest BCUT2D eigenvalue weighted by molar-refractivity contribution is 7.13. The monoisotopic (exact) mass is 417 g/mol. The SMILES string of the molecule is CCCNC(=O)c1ccc(Cl)cc1NC(=O)Cc1nc(-c2cccs2)oc1C. The number of aryl methyl sites for hydroxylation is 1. The van der Waals surface area contributed by atoms with Crippen molar-refractivity contribution in [3.8, 4) is 10.8 Å². The number of carbonyl (C=O) groups excluding carboxylic acids is 2. The molecule has 2 heterocycles. The lowest BCUT2D eigenvalue weighted by Crippen LogP contribution is -2.26. The van der Waals surface area contributed by atoms with E-state index >= 15 is 0 Å². The summed E-state index contributed by atoms with van der Waals surface area (Å²) in [6, 6.07) is 8.60. The van der Waals surface area contributed by atoms with E-state index in [1.807, 2.05) is 24.4 Å². The van der Waals surface area contributed by atoms with Gasteiger partial charge in [0.2, 0.25) is 11.8 Å². The van der Waals surface area contributed by atoms with Gasteiger partial charge in [0.05, 0.1) is 28.2 Å². The molecular formula is C20H20ClN3O3S. The lowest BCUT2D eigenvalue weighted by atomic mass is 10.1. The zero-order valence-electron chi connectivity index (χ0n) is 15.5. The van der Waals surface area contributed by atoms with Crippen LogP contribution in [0.3, 0.4) is 0 Å². The number of aromatic nitrogens is 1. The summed E-state index contributed by atoms with van der Waals surface area (Å²) < 4.78 is 5.67. The molecule has 146 valence electrons. The molecule has 0 bridgehead atoms. The standard InChI is InChI=1S/C20H20ClN3O3S/c1-3-8-22-19(26)14-7-6-13(21)10-16(14)23-18(25)11-15-12(2)27-20(24-15)17-5-4-9-28-17/h4-7,9-10H,3,8,11H2,1-2H3,(H,22,26)(H,23,25). The highest BCUT2D eigenvalue weighted by Crippen LogP contribution is 2.26. The van der Waals surface area contributed by atoms with E-state index in [2.05, 4.69) is 15.6 Å². The van der Waals surface area contributed by atoms with E-state index in [0.717, 1.165) is 11.3 Å². The summed E-state index contributed by atoms with van der Waals surface area (Å²) in [5, 5.41) is 7.93. The van der Waals surface area contributed by atoms with Gasteiger partial charge in [-0.1, -0.05) is 24.6 Å². The van der Waals surface area contributed by atoms with Gasteiger partial charge in [0.25, 0.3) is 5.91 Å². The zero-order valence-corrected chi connectivity index (χ0v) is 17.1. The number of carbonyl (C=O) groups is 2. The molecule has 0 fully saturated rings. The molecule has 0 atom stereocenters. The molecule has 0 unspecified atom stereocenters. The first-order valence-electron chi connectivity index (χ1n) is 8.85. The second kappa shape index (κ2) is 9.03. The molecule has 0 aliphatic carbocycles. The van der Waals surface area contributed by atoms with Crippen molar-refractivity contribution in [2.45, 2.75) is 26.7 Å². The molecule has 1 aromatic carbocycles. The van der Waals surface area contributed by atoms with Crippen LogP contribution in [0, 0.1) is 6.92 Å². The highest BCUT2D eigenvalue weighted by Gasteiger charge is 2.18. The number of hydrogen-bond acceptors (Lipinski definition) is 5. The van der Waals surface area contributed by atoms with Crippen molar-refractivity contribution in [1.82, 2.24) is 10.3 Å². The molecular weight excluding hydrogens is 398 g/mol.